The quantitative estimate of drug-likeness (QED) is 0.271. The van der Waals surface area contributed by atoms with Crippen molar-refractivity contribution in [1.29, 1.82) is 0 Å². The van der Waals surface area contributed by atoms with Crippen LogP contribution in [0.2, 0.25) is 0 Å². The number of nitrogens with one attached hydrogen (secondary N) is 1. The molecular weight excluding hydrogens is 470 g/mol. The molecule has 0 unspecified atom stereocenters. The molecule has 0 fully saturated rings. The summed E-state index contributed by atoms with van der Waals surface area (Å²) in [5.74, 6) is 0.461. The Hall–Kier alpha value is -4.04. The lowest BCUT2D eigenvalue weighted by atomic mass is 10.1. The lowest BCUT2D eigenvalue weighted by Gasteiger charge is -2.28. The summed E-state index contributed by atoms with van der Waals surface area (Å²) >= 11 is 0. The van der Waals surface area contributed by atoms with Gasteiger partial charge >= 0.3 is 0 Å². The number of hydrogen-bond acceptors (Lipinski definition) is 5. The summed E-state index contributed by atoms with van der Waals surface area (Å²) in [5, 5.41) is 1.14. The largest absolute Gasteiger partial charge is 0.496 e. The molecule has 8 heteroatoms. The fourth-order valence-electron chi connectivity index (χ4n) is 4.40. The molecule has 2 aromatic carbocycles. The van der Waals surface area contributed by atoms with Gasteiger partial charge < -0.3 is 28.7 Å². The second-order valence-corrected chi connectivity index (χ2v) is 8.79. The molecule has 0 aliphatic rings. The molecule has 0 saturated heterocycles. The van der Waals surface area contributed by atoms with Crippen molar-refractivity contribution in [3.63, 3.8) is 0 Å². The topological polar surface area (TPSA) is 88.0 Å². The second kappa shape index (κ2) is 12.8. The molecule has 4 rings (SSSR count). The van der Waals surface area contributed by atoms with Gasteiger partial charge in [-0.25, -0.2) is 0 Å². The standard InChI is InChI=1S/C29H33N3O5/c1-35-17-8-15-32(29(34)27-13-7-18-37-27)21-28(33)31(20-23-9-3-6-12-26(23)36-2)16-14-22-19-30-25-11-5-4-10-24(22)25/h3-7,9-13,18-19,30H,8,14-17,20-21H2,1-2H3. The highest BCUT2D eigenvalue weighted by molar-refractivity contribution is 5.94. The van der Waals surface area contributed by atoms with Gasteiger partial charge in [-0.05, 0) is 42.7 Å². The van der Waals surface area contributed by atoms with E-state index in [-0.39, 0.29) is 24.1 Å². The van der Waals surface area contributed by atoms with Crippen LogP contribution in [0.3, 0.4) is 0 Å². The average Bonchev–Trinajstić information content (AvgIpc) is 3.61. The molecule has 0 spiro atoms. The molecule has 2 aromatic heterocycles. The molecule has 0 saturated carbocycles. The maximum atomic E-state index is 13.7. The summed E-state index contributed by atoms with van der Waals surface area (Å²) in [6.45, 7) is 1.66. The number of furan rings is 1. The number of amides is 2. The Balaban J connectivity index is 1.55. The summed E-state index contributed by atoms with van der Waals surface area (Å²) in [6, 6.07) is 19.1. The third kappa shape index (κ3) is 6.59. The molecule has 0 bridgehead atoms. The zero-order valence-corrected chi connectivity index (χ0v) is 21.3. The van der Waals surface area contributed by atoms with Gasteiger partial charge in [0.15, 0.2) is 5.76 Å². The minimum absolute atomic E-state index is 0.0632. The third-order valence-corrected chi connectivity index (χ3v) is 6.35. The number of carbonyl (C=O) groups excluding carboxylic acids is 2. The zero-order valence-electron chi connectivity index (χ0n) is 21.3. The predicted octanol–water partition coefficient (Wildman–Crippen LogP) is 4.52. The summed E-state index contributed by atoms with van der Waals surface area (Å²) in [4.78, 5) is 33.4. The van der Waals surface area contributed by atoms with Crippen LogP contribution in [-0.2, 0) is 22.5 Å². The lowest BCUT2D eigenvalue weighted by molar-refractivity contribution is -0.132. The average molecular weight is 504 g/mol. The highest BCUT2D eigenvalue weighted by Gasteiger charge is 2.24. The molecular formula is C29H33N3O5. The van der Waals surface area contributed by atoms with Crippen LogP contribution >= 0.6 is 0 Å². The SMILES string of the molecule is COCCCN(CC(=O)N(CCc1c[nH]c2ccccc12)Cc1ccccc1OC)C(=O)c1ccco1. The van der Waals surface area contributed by atoms with Gasteiger partial charge in [0.1, 0.15) is 12.3 Å². The van der Waals surface area contributed by atoms with Crippen molar-refractivity contribution in [2.45, 2.75) is 19.4 Å². The van der Waals surface area contributed by atoms with Gasteiger partial charge in [-0.2, -0.15) is 0 Å². The van der Waals surface area contributed by atoms with Gasteiger partial charge in [-0.1, -0.05) is 36.4 Å². The van der Waals surface area contributed by atoms with Crippen LogP contribution in [-0.4, -0.2) is 67.1 Å². The first kappa shape index (κ1) is 26.0. The predicted molar refractivity (Wildman–Crippen MR) is 142 cm³/mol. The number of methoxy groups -OCH3 is 2. The maximum Gasteiger partial charge on any atom is 0.290 e. The normalized spacial score (nSPS) is 11.0. The van der Waals surface area contributed by atoms with E-state index in [9.17, 15) is 9.59 Å². The van der Waals surface area contributed by atoms with Gasteiger partial charge in [0.2, 0.25) is 5.91 Å². The van der Waals surface area contributed by atoms with Gasteiger partial charge in [0, 0.05) is 56.0 Å². The summed E-state index contributed by atoms with van der Waals surface area (Å²) in [5.41, 5.74) is 3.10. The van der Waals surface area contributed by atoms with E-state index in [1.165, 1.54) is 11.2 Å². The van der Waals surface area contributed by atoms with E-state index >= 15 is 0 Å². The molecule has 0 atom stereocenters. The molecule has 4 aromatic rings. The molecule has 194 valence electrons. The number of nitrogens with zero attached hydrogens (tertiary/aromatic N) is 2. The summed E-state index contributed by atoms with van der Waals surface area (Å²) in [6.07, 6.45) is 4.73. The first-order valence-corrected chi connectivity index (χ1v) is 12.4. The van der Waals surface area contributed by atoms with Crippen molar-refractivity contribution in [1.82, 2.24) is 14.8 Å². The van der Waals surface area contributed by atoms with Crippen LogP contribution in [0.4, 0.5) is 0 Å². The number of ether oxygens (including phenoxy) is 2. The number of rotatable bonds is 13. The minimum Gasteiger partial charge on any atom is -0.496 e. The zero-order chi connectivity index (χ0) is 26.0. The third-order valence-electron chi connectivity index (χ3n) is 6.35. The van der Waals surface area contributed by atoms with Crippen LogP contribution in [0.15, 0.2) is 77.5 Å². The number of hydrogen-bond donors (Lipinski definition) is 1. The number of fused-ring (bicyclic) bond motifs is 1. The number of para-hydroxylation sites is 2. The summed E-state index contributed by atoms with van der Waals surface area (Å²) < 4.78 is 16.0. The fourth-order valence-corrected chi connectivity index (χ4v) is 4.40. The van der Waals surface area contributed by atoms with E-state index < -0.39 is 0 Å². The Kier molecular flexibility index (Phi) is 8.99. The molecule has 1 N–H and O–H groups in total. The highest BCUT2D eigenvalue weighted by Crippen LogP contribution is 2.22. The van der Waals surface area contributed by atoms with E-state index in [0.717, 1.165) is 27.8 Å². The minimum atomic E-state index is -0.316. The molecule has 2 amide bonds. The van der Waals surface area contributed by atoms with Crippen molar-refractivity contribution >= 4 is 22.7 Å². The van der Waals surface area contributed by atoms with Crippen molar-refractivity contribution in [2.24, 2.45) is 0 Å². The van der Waals surface area contributed by atoms with E-state index in [2.05, 4.69) is 11.1 Å². The Morgan fingerprint density at radius 2 is 1.73 bits per heavy atom. The Morgan fingerprint density at radius 1 is 0.919 bits per heavy atom. The number of aromatic nitrogens is 1. The van der Waals surface area contributed by atoms with Crippen molar-refractivity contribution in [3.05, 3.63) is 90.0 Å². The van der Waals surface area contributed by atoms with Crippen molar-refractivity contribution < 1.29 is 23.5 Å². The lowest BCUT2D eigenvalue weighted by Crippen LogP contribution is -2.44. The highest BCUT2D eigenvalue weighted by atomic mass is 16.5. The smallest absolute Gasteiger partial charge is 0.290 e. The van der Waals surface area contributed by atoms with Crippen molar-refractivity contribution in [3.8, 4) is 5.75 Å². The molecule has 0 aliphatic carbocycles. The van der Waals surface area contributed by atoms with E-state index in [4.69, 9.17) is 13.9 Å². The number of aromatic amines is 1. The van der Waals surface area contributed by atoms with Gasteiger partial charge in [-0.15, -0.1) is 0 Å². The van der Waals surface area contributed by atoms with Crippen LogP contribution < -0.4 is 4.74 Å². The Bertz CT molecular complexity index is 1300. The molecule has 37 heavy (non-hydrogen) atoms. The van der Waals surface area contributed by atoms with Crippen LogP contribution in [0.1, 0.15) is 28.1 Å². The maximum absolute atomic E-state index is 13.7. The number of benzene rings is 2. The second-order valence-electron chi connectivity index (χ2n) is 8.79. The molecule has 2 heterocycles. The van der Waals surface area contributed by atoms with E-state index in [0.29, 0.717) is 39.1 Å². The Labute approximate surface area is 216 Å². The fraction of sp³-hybridized carbons (Fsp3) is 0.310. The number of carbonyl (C=O) groups is 2. The first-order chi connectivity index (χ1) is 18.1. The number of H-pyrrole nitrogens is 1. The monoisotopic (exact) mass is 503 g/mol. The summed E-state index contributed by atoms with van der Waals surface area (Å²) in [7, 11) is 3.24. The first-order valence-electron chi connectivity index (χ1n) is 12.4. The van der Waals surface area contributed by atoms with Crippen LogP contribution in [0.5, 0.6) is 5.75 Å². The molecule has 0 aliphatic heterocycles. The van der Waals surface area contributed by atoms with Gasteiger partial charge in [0.25, 0.3) is 5.91 Å². The van der Waals surface area contributed by atoms with Gasteiger partial charge in [0.05, 0.1) is 13.4 Å². The van der Waals surface area contributed by atoms with E-state index in [1.807, 2.05) is 48.7 Å². The van der Waals surface area contributed by atoms with Crippen molar-refractivity contribution in [2.75, 3.05) is 40.5 Å². The molecule has 8 nitrogen and oxygen atoms in total. The van der Waals surface area contributed by atoms with E-state index in [1.54, 1.807) is 31.3 Å². The Morgan fingerprint density at radius 3 is 2.51 bits per heavy atom. The van der Waals surface area contributed by atoms with Crippen LogP contribution in [0, 0.1) is 0 Å². The van der Waals surface area contributed by atoms with Crippen LogP contribution in [0.25, 0.3) is 10.9 Å². The van der Waals surface area contributed by atoms with Gasteiger partial charge in [-0.3, -0.25) is 9.59 Å². The molecule has 0 radical (unpaired) electrons.